The number of aromatic nitrogens is 1. The summed E-state index contributed by atoms with van der Waals surface area (Å²) in [5.74, 6) is 1.43. The van der Waals surface area contributed by atoms with Crippen LogP contribution in [0.25, 0.3) is 0 Å². The first-order chi connectivity index (χ1) is 9.20. The molecule has 0 spiro atoms. The molecule has 0 aliphatic carbocycles. The van der Waals surface area contributed by atoms with E-state index in [1.54, 1.807) is 11.3 Å². The van der Waals surface area contributed by atoms with Crippen LogP contribution in [0.2, 0.25) is 0 Å². The lowest BCUT2D eigenvalue weighted by atomic mass is 10.0. The number of nitrogens with zero attached hydrogens (tertiary/aromatic N) is 1. The van der Waals surface area contributed by atoms with Crippen LogP contribution in [-0.4, -0.2) is 12.0 Å². The lowest BCUT2D eigenvalue weighted by molar-refractivity contribution is 0.301. The fraction of sp³-hybridized carbons (Fsp3) is 0.400. The second kappa shape index (κ2) is 6.68. The summed E-state index contributed by atoms with van der Waals surface area (Å²) < 4.78 is 5.90. The molecule has 0 atom stereocenters. The van der Waals surface area contributed by atoms with Crippen LogP contribution in [0.5, 0.6) is 5.75 Å². The van der Waals surface area contributed by atoms with Gasteiger partial charge in [0, 0.05) is 17.6 Å². The van der Waals surface area contributed by atoms with Gasteiger partial charge in [-0.3, -0.25) is 0 Å². The molecule has 2 aromatic rings. The van der Waals surface area contributed by atoms with Crippen molar-refractivity contribution in [2.75, 3.05) is 7.05 Å². The summed E-state index contributed by atoms with van der Waals surface area (Å²) in [6, 6.07) is 8.21. The maximum Gasteiger partial charge on any atom is 0.140 e. The summed E-state index contributed by atoms with van der Waals surface area (Å²) in [7, 11) is 1.94. The highest BCUT2D eigenvalue weighted by molar-refractivity contribution is 7.11. The molecule has 0 radical (unpaired) electrons. The van der Waals surface area contributed by atoms with Crippen molar-refractivity contribution in [3.63, 3.8) is 0 Å². The van der Waals surface area contributed by atoms with E-state index >= 15 is 0 Å². The Hall–Kier alpha value is -1.39. The fourth-order valence-corrected chi connectivity index (χ4v) is 2.75. The smallest absolute Gasteiger partial charge is 0.140 e. The molecule has 1 aromatic carbocycles. The van der Waals surface area contributed by atoms with E-state index in [9.17, 15) is 0 Å². The first-order valence-corrected chi connectivity index (χ1v) is 7.32. The predicted octanol–water partition coefficient (Wildman–Crippen LogP) is 3.56. The van der Waals surface area contributed by atoms with Crippen LogP contribution in [0.15, 0.2) is 30.5 Å². The Kier molecular flexibility index (Phi) is 4.93. The van der Waals surface area contributed by atoms with Gasteiger partial charge in [-0.25, -0.2) is 4.98 Å². The highest BCUT2D eigenvalue weighted by atomic mass is 32.1. The van der Waals surface area contributed by atoms with Crippen molar-refractivity contribution in [2.24, 2.45) is 0 Å². The van der Waals surface area contributed by atoms with Crippen LogP contribution in [0, 0.1) is 0 Å². The van der Waals surface area contributed by atoms with E-state index in [0.29, 0.717) is 12.5 Å². The van der Waals surface area contributed by atoms with Crippen molar-refractivity contribution in [1.82, 2.24) is 10.3 Å². The average Bonchev–Trinajstić information content (AvgIpc) is 2.85. The normalized spacial score (nSPS) is 10.9. The lowest BCUT2D eigenvalue weighted by Gasteiger charge is -2.12. The third-order valence-electron chi connectivity index (χ3n) is 2.84. The molecule has 1 N–H and O–H groups in total. The fourth-order valence-electron chi connectivity index (χ4n) is 1.90. The molecule has 0 amide bonds. The van der Waals surface area contributed by atoms with Gasteiger partial charge in [-0.15, -0.1) is 11.3 Å². The summed E-state index contributed by atoms with van der Waals surface area (Å²) in [4.78, 5) is 5.61. The molecule has 4 heteroatoms. The van der Waals surface area contributed by atoms with Crippen molar-refractivity contribution in [1.29, 1.82) is 0 Å². The number of hydrogen-bond acceptors (Lipinski definition) is 4. The van der Waals surface area contributed by atoms with Gasteiger partial charge in [-0.05, 0) is 24.6 Å². The van der Waals surface area contributed by atoms with Gasteiger partial charge in [0.15, 0.2) is 0 Å². The largest absolute Gasteiger partial charge is 0.486 e. The molecule has 0 aliphatic heterocycles. The maximum atomic E-state index is 5.90. The van der Waals surface area contributed by atoms with Gasteiger partial charge < -0.3 is 10.1 Å². The standard InChI is InChI=1S/C15H20N2OS/c1-11(2)13-6-4-5-7-14(13)18-10-15-17-9-12(19-15)8-16-3/h4-7,9,11,16H,8,10H2,1-3H3. The van der Waals surface area contributed by atoms with Crippen molar-refractivity contribution in [2.45, 2.75) is 32.9 Å². The third-order valence-corrected chi connectivity index (χ3v) is 3.82. The highest BCUT2D eigenvalue weighted by Gasteiger charge is 2.08. The van der Waals surface area contributed by atoms with Gasteiger partial charge in [0.1, 0.15) is 17.4 Å². The van der Waals surface area contributed by atoms with Gasteiger partial charge in [-0.2, -0.15) is 0 Å². The number of ether oxygens (including phenoxy) is 1. The zero-order valence-electron chi connectivity index (χ0n) is 11.6. The predicted molar refractivity (Wildman–Crippen MR) is 79.7 cm³/mol. The first-order valence-electron chi connectivity index (χ1n) is 6.50. The van der Waals surface area contributed by atoms with Crippen LogP contribution in [-0.2, 0) is 13.2 Å². The molecule has 0 aliphatic rings. The second-order valence-electron chi connectivity index (χ2n) is 4.73. The van der Waals surface area contributed by atoms with Crippen LogP contribution < -0.4 is 10.1 Å². The molecule has 1 heterocycles. The third kappa shape index (κ3) is 3.78. The van der Waals surface area contributed by atoms with Gasteiger partial charge >= 0.3 is 0 Å². The molecule has 0 saturated carbocycles. The number of benzene rings is 1. The average molecular weight is 276 g/mol. The lowest BCUT2D eigenvalue weighted by Crippen LogP contribution is -2.02. The zero-order valence-corrected chi connectivity index (χ0v) is 12.5. The SMILES string of the molecule is CNCc1cnc(COc2ccccc2C(C)C)s1. The highest BCUT2D eigenvalue weighted by Crippen LogP contribution is 2.27. The van der Waals surface area contributed by atoms with Crippen LogP contribution >= 0.6 is 11.3 Å². The summed E-state index contributed by atoms with van der Waals surface area (Å²) in [6.45, 7) is 5.76. The van der Waals surface area contributed by atoms with Gasteiger partial charge in [0.05, 0.1) is 0 Å². The molecule has 0 bridgehead atoms. The van der Waals surface area contributed by atoms with Crippen LogP contribution in [0.1, 0.15) is 35.2 Å². The number of para-hydroxylation sites is 1. The Morgan fingerprint density at radius 1 is 1.32 bits per heavy atom. The van der Waals surface area contributed by atoms with Crippen molar-refractivity contribution >= 4 is 11.3 Å². The molecule has 0 unspecified atom stereocenters. The summed E-state index contributed by atoms with van der Waals surface area (Å²) in [5, 5.41) is 4.14. The van der Waals surface area contributed by atoms with Gasteiger partial charge in [-0.1, -0.05) is 32.0 Å². The number of nitrogens with one attached hydrogen (secondary N) is 1. The Morgan fingerprint density at radius 2 is 2.11 bits per heavy atom. The number of rotatable bonds is 6. The summed E-state index contributed by atoms with van der Waals surface area (Å²) in [6.07, 6.45) is 1.91. The minimum Gasteiger partial charge on any atom is -0.486 e. The van der Waals surface area contributed by atoms with E-state index in [0.717, 1.165) is 17.3 Å². The molecular weight excluding hydrogens is 256 g/mol. The maximum absolute atomic E-state index is 5.90. The summed E-state index contributed by atoms with van der Waals surface area (Å²) in [5.41, 5.74) is 1.24. The van der Waals surface area contributed by atoms with Crippen molar-refractivity contribution < 1.29 is 4.74 Å². The van der Waals surface area contributed by atoms with Crippen LogP contribution in [0.3, 0.4) is 0 Å². The van der Waals surface area contributed by atoms with Gasteiger partial charge in [0.2, 0.25) is 0 Å². The zero-order chi connectivity index (χ0) is 13.7. The topological polar surface area (TPSA) is 34.2 Å². The molecule has 1 aromatic heterocycles. The van der Waals surface area contributed by atoms with E-state index in [1.165, 1.54) is 10.4 Å². The molecule has 102 valence electrons. The minimum absolute atomic E-state index is 0.465. The van der Waals surface area contributed by atoms with E-state index < -0.39 is 0 Å². The van der Waals surface area contributed by atoms with Crippen LogP contribution in [0.4, 0.5) is 0 Å². The Bertz CT molecular complexity index is 522. The number of hydrogen-bond donors (Lipinski definition) is 1. The Balaban J connectivity index is 2.01. The quantitative estimate of drug-likeness (QED) is 0.876. The summed E-state index contributed by atoms with van der Waals surface area (Å²) >= 11 is 1.69. The molecular formula is C15H20N2OS. The van der Waals surface area contributed by atoms with Gasteiger partial charge in [0.25, 0.3) is 0 Å². The minimum atomic E-state index is 0.465. The van der Waals surface area contributed by atoms with E-state index in [2.05, 4.69) is 36.3 Å². The van der Waals surface area contributed by atoms with E-state index in [4.69, 9.17) is 4.74 Å². The first kappa shape index (κ1) is 14.0. The monoisotopic (exact) mass is 276 g/mol. The Morgan fingerprint density at radius 3 is 2.84 bits per heavy atom. The molecule has 0 saturated heterocycles. The molecule has 2 rings (SSSR count). The molecule has 0 fully saturated rings. The molecule has 19 heavy (non-hydrogen) atoms. The second-order valence-corrected chi connectivity index (χ2v) is 5.93. The van der Waals surface area contributed by atoms with E-state index in [1.807, 2.05) is 25.4 Å². The van der Waals surface area contributed by atoms with E-state index in [-0.39, 0.29) is 0 Å². The van der Waals surface area contributed by atoms with Crippen molar-refractivity contribution in [3.05, 3.63) is 45.9 Å². The van der Waals surface area contributed by atoms with Crippen molar-refractivity contribution in [3.8, 4) is 5.75 Å². The molecule has 3 nitrogen and oxygen atoms in total. The number of thiazole rings is 1. The Labute approximate surface area is 118 Å².